The molecule has 2 aromatic rings. The minimum Gasteiger partial charge on any atom is -1.00 e. The topological polar surface area (TPSA) is 38.7 Å². The predicted molar refractivity (Wildman–Crippen MR) is 106 cm³/mol. The van der Waals surface area contributed by atoms with Crippen LogP contribution in [0.25, 0.3) is 0 Å². The van der Waals surface area contributed by atoms with E-state index in [4.69, 9.17) is 9.47 Å². The van der Waals surface area contributed by atoms with Crippen LogP contribution in [-0.2, 0) is 0 Å². The van der Waals surface area contributed by atoms with E-state index in [1.807, 2.05) is 37.3 Å². The highest BCUT2D eigenvalue weighted by Gasteiger charge is 2.46. The van der Waals surface area contributed by atoms with Crippen LogP contribution in [0, 0.1) is 0 Å². The number of nitrogens with zero attached hydrogens (tertiary/aromatic N) is 1. The molecule has 3 atom stereocenters. The van der Waals surface area contributed by atoms with Gasteiger partial charge in [-0.1, -0.05) is 30.3 Å². The van der Waals surface area contributed by atoms with Crippen LogP contribution in [0.4, 0.5) is 5.69 Å². The van der Waals surface area contributed by atoms with Crippen molar-refractivity contribution in [2.24, 2.45) is 0 Å². The van der Waals surface area contributed by atoms with Crippen LogP contribution < -0.4 is 37.9 Å². The van der Waals surface area contributed by atoms with E-state index in [9.17, 15) is 5.11 Å². The number of hydrogen-bond donors (Lipinski definition) is 1. The standard InChI is InChI=1S/C22H30NO3.HI/c1-4-25-20-12-8-9-13-21(20)26-17-22(24)14-15-23(3,18(2)16-22)19-10-6-5-7-11-19;/h5-13,18,24H,4,14-17H2,1-3H3;1H/q+1;/p-1. The van der Waals surface area contributed by atoms with Crippen LogP contribution >= 0.6 is 0 Å². The van der Waals surface area contributed by atoms with Crippen LogP contribution in [0.3, 0.4) is 0 Å². The second-order valence-electron chi connectivity index (χ2n) is 7.52. The van der Waals surface area contributed by atoms with E-state index in [1.165, 1.54) is 5.69 Å². The number of halogens is 1. The van der Waals surface area contributed by atoms with Gasteiger partial charge in [0.25, 0.3) is 0 Å². The summed E-state index contributed by atoms with van der Waals surface area (Å²) in [5, 5.41) is 11.1. The highest BCUT2D eigenvalue weighted by atomic mass is 127. The van der Waals surface area contributed by atoms with E-state index in [-0.39, 0.29) is 30.6 Å². The van der Waals surface area contributed by atoms with E-state index in [0.29, 0.717) is 31.2 Å². The molecule has 3 unspecified atom stereocenters. The fourth-order valence-corrected chi connectivity index (χ4v) is 3.85. The smallest absolute Gasteiger partial charge is 0.161 e. The van der Waals surface area contributed by atoms with Gasteiger partial charge in [-0.05, 0) is 38.1 Å². The summed E-state index contributed by atoms with van der Waals surface area (Å²) in [6.07, 6.45) is 1.41. The Morgan fingerprint density at radius 1 is 1.04 bits per heavy atom. The van der Waals surface area contributed by atoms with Gasteiger partial charge in [0, 0.05) is 12.8 Å². The summed E-state index contributed by atoms with van der Waals surface area (Å²) in [6, 6.07) is 18.5. The maximum absolute atomic E-state index is 11.1. The predicted octanol–water partition coefficient (Wildman–Crippen LogP) is 1.02. The molecule has 3 rings (SSSR count). The first-order chi connectivity index (χ1) is 12.5. The molecule has 0 radical (unpaired) electrons. The number of likely N-dealkylation sites (tertiary alicyclic amines) is 1. The van der Waals surface area contributed by atoms with E-state index in [0.717, 1.165) is 16.8 Å². The van der Waals surface area contributed by atoms with Gasteiger partial charge in [-0.25, -0.2) is 0 Å². The molecule has 0 spiro atoms. The molecule has 1 aliphatic heterocycles. The van der Waals surface area contributed by atoms with Gasteiger partial charge in [0.1, 0.15) is 17.9 Å². The van der Waals surface area contributed by atoms with Gasteiger partial charge in [-0.3, -0.25) is 4.48 Å². The Morgan fingerprint density at radius 3 is 2.22 bits per heavy atom. The third kappa shape index (κ3) is 4.95. The van der Waals surface area contributed by atoms with Crippen molar-refractivity contribution < 1.29 is 38.6 Å². The fraction of sp³-hybridized carbons (Fsp3) is 0.455. The van der Waals surface area contributed by atoms with Crippen LogP contribution in [0.2, 0.25) is 0 Å². The van der Waals surface area contributed by atoms with Crippen molar-refractivity contribution in [2.45, 2.75) is 38.3 Å². The van der Waals surface area contributed by atoms with Crippen LogP contribution in [0.5, 0.6) is 11.5 Å². The summed E-state index contributed by atoms with van der Waals surface area (Å²) in [5.41, 5.74) is 0.482. The summed E-state index contributed by atoms with van der Waals surface area (Å²) < 4.78 is 12.4. The SMILES string of the molecule is CCOc1ccccc1OCC1(O)CC[N+](C)(c2ccccc2)C(C)C1.[I-]. The zero-order chi connectivity index (χ0) is 18.6. The summed E-state index contributed by atoms with van der Waals surface area (Å²) >= 11 is 0. The van der Waals surface area contributed by atoms with Crippen molar-refractivity contribution in [3.8, 4) is 11.5 Å². The Bertz CT molecular complexity index is 727. The van der Waals surface area contributed by atoms with E-state index >= 15 is 0 Å². The second-order valence-corrected chi connectivity index (χ2v) is 7.52. The lowest BCUT2D eigenvalue weighted by atomic mass is 9.85. The molecule has 5 heteroatoms. The fourth-order valence-electron chi connectivity index (χ4n) is 3.85. The van der Waals surface area contributed by atoms with Crippen molar-refractivity contribution in [3.63, 3.8) is 0 Å². The van der Waals surface area contributed by atoms with Crippen molar-refractivity contribution in [3.05, 3.63) is 54.6 Å². The number of rotatable bonds is 6. The van der Waals surface area contributed by atoms with E-state index in [1.54, 1.807) is 0 Å². The average Bonchev–Trinajstić information content (AvgIpc) is 2.66. The molecular weight excluding hydrogens is 453 g/mol. The number of piperidine rings is 1. The number of hydrogen-bond acceptors (Lipinski definition) is 3. The molecule has 0 aromatic heterocycles. The molecule has 2 aromatic carbocycles. The average molecular weight is 483 g/mol. The molecule has 0 aliphatic carbocycles. The summed E-state index contributed by atoms with van der Waals surface area (Å²) in [6.45, 7) is 5.93. The quantitative estimate of drug-likeness (QED) is 0.493. The Labute approximate surface area is 179 Å². The van der Waals surface area contributed by atoms with E-state index in [2.05, 4.69) is 38.2 Å². The largest absolute Gasteiger partial charge is 1.00 e. The second kappa shape index (κ2) is 9.26. The third-order valence-electron chi connectivity index (χ3n) is 5.68. The van der Waals surface area contributed by atoms with Gasteiger partial charge in [0.2, 0.25) is 0 Å². The molecule has 1 fully saturated rings. The Balaban J connectivity index is 0.00000261. The van der Waals surface area contributed by atoms with Gasteiger partial charge in [-0.15, -0.1) is 0 Å². The molecule has 1 aliphatic rings. The highest BCUT2D eigenvalue weighted by molar-refractivity contribution is 5.43. The zero-order valence-electron chi connectivity index (χ0n) is 16.4. The molecule has 0 saturated carbocycles. The molecule has 0 bridgehead atoms. The van der Waals surface area contributed by atoms with Crippen LogP contribution in [0.1, 0.15) is 26.7 Å². The van der Waals surface area contributed by atoms with Crippen LogP contribution in [-0.4, -0.2) is 43.6 Å². The molecule has 148 valence electrons. The molecule has 4 nitrogen and oxygen atoms in total. The summed E-state index contributed by atoms with van der Waals surface area (Å²) in [4.78, 5) is 0. The zero-order valence-corrected chi connectivity index (χ0v) is 18.6. The first kappa shape index (κ1) is 22.0. The molecular formula is C22H30INO3. The van der Waals surface area contributed by atoms with Crippen molar-refractivity contribution in [2.75, 3.05) is 26.8 Å². The van der Waals surface area contributed by atoms with Crippen molar-refractivity contribution in [1.29, 1.82) is 0 Å². The van der Waals surface area contributed by atoms with Crippen LogP contribution in [0.15, 0.2) is 54.6 Å². The number of para-hydroxylation sites is 3. The van der Waals surface area contributed by atoms with Gasteiger partial charge in [0.15, 0.2) is 11.5 Å². The number of benzene rings is 2. The monoisotopic (exact) mass is 483 g/mol. The maximum atomic E-state index is 11.1. The third-order valence-corrected chi connectivity index (χ3v) is 5.68. The lowest BCUT2D eigenvalue weighted by molar-refractivity contribution is -0.0630. The normalized spacial score (nSPS) is 27.5. The summed E-state index contributed by atoms with van der Waals surface area (Å²) in [5.74, 6) is 1.42. The van der Waals surface area contributed by atoms with Gasteiger partial charge in [-0.2, -0.15) is 0 Å². The first-order valence-electron chi connectivity index (χ1n) is 9.45. The lowest BCUT2D eigenvalue weighted by Crippen LogP contribution is -3.00. The molecule has 0 amide bonds. The first-order valence-corrected chi connectivity index (χ1v) is 9.45. The number of quaternary nitrogens is 1. The minimum atomic E-state index is -0.814. The van der Waals surface area contributed by atoms with Crippen molar-refractivity contribution in [1.82, 2.24) is 4.48 Å². The van der Waals surface area contributed by atoms with Gasteiger partial charge >= 0.3 is 0 Å². The molecule has 1 heterocycles. The Kier molecular flexibility index (Phi) is 7.54. The summed E-state index contributed by atoms with van der Waals surface area (Å²) in [7, 11) is 2.25. The van der Waals surface area contributed by atoms with E-state index < -0.39 is 5.60 Å². The van der Waals surface area contributed by atoms with Gasteiger partial charge < -0.3 is 38.6 Å². The molecule has 27 heavy (non-hydrogen) atoms. The number of aliphatic hydroxyl groups is 1. The minimum absolute atomic E-state index is 0. The molecule has 1 N–H and O–H groups in total. The lowest BCUT2D eigenvalue weighted by Gasteiger charge is -2.48. The Morgan fingerprint density at radius 2 is 1.63 bits per heavy atom. The Hall–Kier alpha value is -1.31. The molecule has 1 saturated heterocycles. The van der Waals surface area contributed by atoms with Crippen molar-refractivity contribution >= 4 is 5.69 Å². The van der Waals surface area contributed by atoms with Gasteiger partial charge in [0.05, 0.1) is 26.2 Å². The maximum Gasteiger partial charge on any atom is 0.161 e. The number of ether oxygens (including phenoxy) is 2. The highest BCUT2D eigenvalue weighted by Crippen LogP contribution is 2.37.